The molecule has 0 aliphatic heterocycles. The second kappa shape index (κ2) is 5.46. The van der Waals surface area contributed by atoms with Crippen molar-refractivity contribution in [2.45, 2.75) is 25.3 Å². The summed E-state index contributed by atoms with van der Waals surface area (Å²) in [6.07, 6.45) is 3.00. The SMILES string of the molecule is NC(=S)C1CCCC1NC(=O)c1sccc1Br. The molecule has 3 nitrogen and oxygen atoms in total. The third-order valence-corrected chi connectivity index (χ3v) is 5.16. The second-order valence-corrected chi connectivity index (χ2v) is 6.36. The Morgan fingerprint density at radius 3 is 2.94 bits per heavy atom. The maximum atomic E-state index is 12.0. The van der Waals surface area contributed by atoms with Crippen LogP contribution in [0.25, 0.3) is 0 Å². The van der Waals surface area contributed by atoms with E-state index >= 15 is 0 Å². The van der Waals surface area contributed by atoms with E-state index < -0.39 is 0 Å². The minimum absolute atomic E-state index is 0.0416. The molecular formula is C11H13BrN2OS2. The average Bonchev–Trinajstić information content (AvgIpc) is 2.86. The zero-order valence-electron chi connectivity index (χ0n) is 9.11. The first-order valence-electron chi connectivity index (χ1n) is 5.42. The van der Waals surface area contributed by atoms with Crippen LogP contribution < -0.4 is 11.1 Å². The lowest BCUT2D eigenvalue weighted by molar-refractivity contribution is 0.0937. The minimum atomic E-state index is -0.0416. The molecule has 6 heteroatoms. The number of carbonyl (C=O) groups excluding carboxylic acids is 1. The van der Waals surface area contributed by atoms with Gasteiger partial charge in [-0.2, -0.15) is 0 Å². The molecule has 1 aromatic rings. The number of nitrogens with one attached hydrogen (secondary N) is 1. The predicted molar refractivity (Wildman–Crippen MR) is 77.4 cm³/mol. The van der Waals surface area contributed by atoms with Crippen molar-refractivity contribution in [3.63, 3.8) is 0 Å². The van der Waals surface area contributed by atoms with Crippen LogP contribution in [0.1, 0.15) is 28.9 Å². The van der Waals surface area contributed by atoms with E-state index in [1.807, 2.05) is 11.4 Å². The number of thiocarbonyl (C=S) groups is 1. The molecule has 1 heterocycles. The van der Waals surface area contributed by atoms with Gasteiger partial charge in [0, 0.05) is 16.4 Å². The summed E-state index contributed by atoms with van der Waals surface area (Å²) < 4.78 is 0.838. The molecule has 1 fully saturated rings. The van der Waals surface area contributed by atoms with Gasteiger partial charge in [0.2, 0.25) is 0 Å². The second-order valence-electron chi connectivity index (χ2n) is 4.12. The van der Waals surface area contributed by atoms with Crippen LogP contribution in [0.5, 0.6) is 0 Å². The summed E-state index contributed by atoms with van der Waals surface area (Å²) in [5.74, 6) is 0.104. The Bertz CT molecular complexity index is 446. The lowest BCUT2D eigenvalue weighted by atomic mass is 10.0. The molecule has 1 aromatic heterocycles. The maximum absolute atomic E-state index is 12.0. The Hall–Kier alpha value is -0.460. The quantitative estimate of drug-likeness (QED) is 0.837. The fraction of sp³-hybridized carbons (Fsp3) is 0.455. The molecule has 1 aliphatic rings. The maximum Gasteiger partial charge on any atom is 0.262 e. The summed E-state index contributed by atoms with van der Waals surface area (Å²) in [5, 5.41) is 4.92. The van der Waals surface area contributed by atoms with Crippen molar-refractivity contribution in [3.8, 4) is 0 Å². The number of hydrogen-bond donors (Lipinski definition) is 2. The highest BCUT2D eigenvalue weighted by atomic mass is 79.9. The highest BCUT2D eigenvalue weighted by Crippen LogP contribution is 2.28. The van der Waals surface area contributed by atoms with E-state index in [4.69, 9.17) is 18.0 Å². The number of amides is 1. The largest absolute Gasteiger partial charge is 0.393 e. The standard InChI is InChI=1S/C11H13BrN2OS2/c12-7-4-5-17-9(7)11(15)14-8-3-1-2-6(8)10(13)16/h4-6,8H,1-3H2,(H2,13,16)(H,14,15). The van der Waals surface area contributed by atoms with Gasteiger partial charge in [0.25, 0.3) is 5.91 Å². The summed E-state index contributed by atoms with van der Waals surface area (Å²) in [5.41, 5.74) is 5.69. The summed E-state index contributed by atoms with van der Waals surface area (Å²) in [6, 6.07) is 1.97. The predicted octanol–water partition coefficient (Wildman–Crippen LogP) is 2.70. The molecule has 17 heavy (non-hydrogen) atoms. The van der Waals surface area contributed by atoms with Crippen LogP contribution in [-0.2, 0) is 0 Å². The number of thiophene rings is 1. The van der Waals surface area contributed by atoms with Crippen molar-refractivity contribution in [2.75, 3.05) is 0 Å². The van der Waals surface area contributed by atoms with Crippen molar-refractivity contribution < 1.29 is 4.79 Å². The van der Waals surface area contributed by atoms with Crippen LogP contribution in [0.4, 0.5) is 0 Å². The van der Waals surface area contributed by atoms with E-state index in [1.165, 1.54) is 11.3 Å². The van der Waals surface area contributed by atoms with Gasteiger partial charge in [-0.3, -0.25) is 4.79 Å². The van der Waals surface area contributed by atoms with E-state index in [9.17, 15) is 4.79 Å². The first-order valence-corrected chi connectivity index (χ1v) is 7.51. The van der Waals surface area contributed by atoms with E-state index in [0.29, 0.717) is 9.87 Å². The Morgan fingerprint density at radius 1 is 1.59 bits per heavy atom. The van der Waals surface area contributed by atoms with Crippen LogP contribution in [-0.4, -0.2) is 16.9 Å². The average molecular weight is 333 g/mol. The van der Waals surface area contributed by atoms with Gasteiger partial charge in [-0.05, 0) is 40.2 Å². The summed E-state index contributed by atoms with van der Waals surface area (Å²) >= 11 is 9.82. The number of carbonyl (C=O) groups is 1. The molecule has 1 amide bonds. The van der Waals surface area contributed by atoms with Crippen molar-refractivity contribution in [1.29, 1.82) is 0 Å². The molecule has 1 aliphatic carbocycles. The van der Waals surface area contributed by atoms with Crippen molar-refractivity contribution in [1.82, 2.24) is 5.32 Å². The van der Waals surface area contributed by atoms with Gasteiger partial charge in [-0.25, -0.2) is 0 Å². The fourth-order valence-electron chi connectivity index (χ4n) is 2.16. The topological polar surface area (TPSA) is 55.1 Å². The normalized spacial score (nSPS) is 23.6. The molecule has 92 valence electrons. The third kappa shape index (κ3) is 2.86. The van der Waals surface area contributed by atoms with Gasteiger partial charge < -0.3 is 11.1 Å². The highest BCUT2D eigenvalue weighted by Gasteiger charge is 2.31. The fourth-order valence-corrected chi connectivity index (χ4v) is 3.90. The molecule has 0 bridgehead atoms. The van der Waals surface area contributed by atoms with Gasteiger partial charge >= 0.3 is 0 Å². The summed E-state index contributed by atoms with van der Waals surface area (Å²) in [7, 11) is 0. The van der Waals surface area contributed by atoms with Crippen LogP contribution >= 0.6 is 39.5 Å². The molecule has 2 atom stereocenters. The van der Waals surface area contributed by atoms with Crippen LogP contribution in [0.3, 0.4) is 0 Å². The zero-order valence-corrected chi connectivity index (χ0v) is 12.3. The van der Waals surface area contributed by atoms with E-state index in [1.54, 1.807) is 0 Å². The number of halogens is 1. The van der Waals surface area contributed by atoms with Gasteiger partial charge in [0.05, 0.1) is 4.99 Å². The molecule has 0 saturated heterocycles. The molecule has 0 aromatic carbocycles. The molecule has 1 saturated carbocycles. The molecule has 0 radical (unpaired) electrons. The first kappa shape index (κ1) is 13.0. The number of rotatable bonds is 3. The first-order chi connectivity index (χ1) is 8.09. The lowest BCUT2D eigenvalue weighted by Gasteiger charge is -2.19. The number of hydrogen-bond acceptors (Lipinski definition) is 3. The van der Waals surface area contributed by atoms with Crippen LogP contribution in [0, 0.1) is 5.92 Å². The van der Waals surface area contributed by atoms with Crippen molar-refractivity contribution >= 4 is 50.4 Å². The van der Waals surface area contributed by atoms with Crippen LogP contribution in [0.2, 0.25) is 0 Å². The van der Waals surface area contributed by atoms with E-state index in [2.05, 4.69) is 21.2 Å². The van der Waals surface area contributed by atoms with Crippen LogP contribution in [0.15, 0.2) is 15.9 Å². The monoisotopic (exact) mass is 332 g/mol. The minimum Gasteiger partial charge on any atom is -0.393 e. The third-order valence-electron chi connectivity index (χ3n) is 3.02. The Balaban J connectivity index is 2.04. The van der Waals surface area contributed by atoms with Gasteiger partial charge in [0.15, 0.2) is 0 Å². The Morgan fingerprint density at radius 2 is 2.35 bits per heavy atom. The van der Waals surface area contributed by atoms with Crippen molar-refractivity contribution in [2.24, 2.45) is 11.7 Å². The highest BCUT2D eigenvalue weighted by molar-refractivity contribution is 9.10. The van der Waals surface area contributed by atoms with Gasteiger partial charge in [-0.15, -0.1) is 11.3 Å². The lowest BCUT2D eigenvalue weighted by Crippen LogP contribution is -2.41. The van der Waals surface area contributed by atoms with E-state index in [-0.39, 0.29) is 17.9 Å². The zero-order chi connectivity index (χ0) is 12.4. The van der Waals surface area contributed by atoms with Gasteiger partial charge in [-0.1, -0.05) is 18.6 Å². The Labute approximate surface area is 118 Å². The molecule has 0 spiro atoms. The molecular weight excluding hydrogens is 320 g/mol. The molecule has 2 rings (SSSR count). The molecule has 2 unspecified atom stereocenters. The summed E-state index contributed by atoms with van der Waals surface area (Å²) in [6.45, 7) is 0. The Kier molecular flexibility index (Phi) is 4.17. The van der Waals surface area contributed by atoms with Crippen molar-refractivity contribution in [3.05, 3.63) is 20.8 Å². The van der Waals surface area contributed by atoms with E-state index in [0.717, 1.165) is 23.7 Å². The summed E-state index contributed by atoms with van der Waals surface area (Å²) in [4.78, 5) is 13.3. The number of nitrogens with two attached hydrogens (primary N) is 1. The molecule has 3 N–H and O–H groups in total. The smallest absolute Gasteiger partial charge is 0.262 e. The van der Waals surface area contributed by atoms with Gasteiger partial charge in [0.1, 0.15) is 4.88 Å².